The SMILES string of the molecule is CCc1nc2c(cnn2CC)c(NC2CCOCC2)c1CN1Cc2occc2C1=O. The van der Waals surface area contributed by atoms with Crippen LogP contribution in [-0.4, -0.2) is 44.8 Å². The molecular weight excluding hydrogens is 382 g/mol. The highest BCUT2D eigenvalue weighted by Crippen LogP contribution is 2.34. The molecule has 158 valence electrons. The number of anilines is 1. The first-order valence-corrected chi connectivity index (χ1v) is 10.8. The zero-order chi connectivity index (χ0) is 20.7. The van der Waals surface area contributed by atoms with Crippen molar-refractivity contribution in [1.82, 2.24) is 19.7 Å². The fraction of sp³-hybridized carbons (Fsp3) is 0.500. The maximum atomic E-state index is 12.9. The minimum absolute atomic E-state index is 0.0159. The number of ether oxygens (including phenoxy) is 1. The van der Waals surface area contributed by atoms with Gasteiger partial charge in [0.15, 0.2) is 5.65 Å². The molecule has 30 heavy (non-hydrogen) atoms. The van der Waals surface area contributed by atoms with Crippen LogP contribution < -0.4 is 5.32 Å². The largest absolute Gasteiger partial charge is 0.467 e. The average molecular weight is 409 g/mol. The number of furan rings is 1. The quantitative estimate of drug-likeness (QED) is 0.672. The second-order valence-corrected chi connectivity index (χ2v) is 7.91. The highest BCUT2D eigenvalue weighted by Gasteiger charge is 2.32. The first-order valence-electron chi connectivity index (χ1n) is 10.8. The first-order chi connectivity index (χ1) is 14.7. The van der Waals surface area contributed by atoms with Crippen molar-refractivity contribution >= 4 is 22.6 Å². The lowest BCUT2D eigenvalue weighted by Gasteiger charge is -2.27. The van der Waals surface area contributed by atoms with Gasteiger partial charge in [0.05, 0.1) is 42.2 Å². The first kappa shape index (κ1) is 19.1. The molecule has 0 unspecified atom stereocenters. The van der Waals surface area contributed by atoms with Crippen LogP contribution in [0.25, 0.3) is 11.0 Å². The van der Waals surface area contributed by atoms with Crippen LogP contribution in [0.1, 0.15) is 54.1 Å². The van der Waals surface area contributed by atoms with Gasteiger partial charge in [0, 0.05) is 37.1 Å². The summed E-state index contributed by atoms with van der Waals surface area (Å²) < 4.78 is 13.0. The number of pyridine rings is 1. The number of carbonyl (C=O) groups is 1. The van der Waals surface area contributed by atoms with Crippen LogP contribution in [0.2, 0.25) is 0 Å². The normalized spacial score (nSPS) is 17.1. The lowest BCUT2D eigenvalue weighted by atomic mass is 10.0. The molecule has 1 fully saturated rings. The van der Waals surface area contributed by atoms with E-state index in [0.29, 0.717) is 24.7 Å². The topological polar surface area (TPSA) is 85.4 Å². The molecule has 0 saturated carbocycles. The van der Waals surface area contributed by atoms with Gasteiger partial charge in [-0.3, -0.25) is 4.79 Å². The summed E-state index contributed by atoms with van der Waals surface area (Å²) in [7, 11) is 0. The lowest BCUT2D eigenvalue weighted by molar-refractivity contribution is 0.0762. The number of amides is 1. The molecule has 0 atom stereocenters. The number of nitrogens with zero attached hydrogens (tertiary/aromatic N) is 4. The van der Waals surface area contributed by atoms with E-state index in [0.717, 1.165) is 72.8 Å². The molecular formula is C22H27N5O3. The number of rotatable bonds is 6. The van der Waals surface area contributed by atoms with Gasteiger partial charge in [-0.25, -0.2) is 9.67 Å². The van der Waals surface area contributed by atoms with Gasteiger partial charge in [-0.2, -0.15) is 5.10 Å². The predicted molar refractivity (Wildman–Crippen MR) is 112 cm³/mol. The molecule has 2 aliphatic rings. The monoisotopic (exact) mass is 409 g/mol. The summed E-state index contributed by atoms with van der Waals surface area (Å²) in [5.41, 5.74) is 4.70. The van der Waals surface area contributed by atoms with E-state index in [4.69, 9.17) is 14.1 Å². The number of fused-ring (bicyclic) bond motifs is 2. The fourth-order valence-corrected chi connectivity index (χ4v) is 4.47. The van der Waals surface area contributed by atoms with Crippen molar-refractivity contribution < 1.29 is 13.9 Å². The van der Waals surface area contributed by atoms with Gasteiger partial charge in [0.25, 0.3) is 5.91 Å². The average Bonchev–Trinajstić information content (AvgIpc) is 3.47. The van der Waals surface area contributed by atoms with Gasteiger partial charge in [0.1, 0.15) is 5.76 Å². The van der Waals surface area contributed by atoms with E-state index in [1.807, 2.05) is 15.8 Å². The Morgan fingerprint density at radius 3 is 2.83 bits per heavy atom. The van der Waals surface area contributed by atoms with Gasteiger partial charge >= 0.3 is 0 Å². The standard InChI is InChI=1S/C22H27N5O3/c1-3-18-17(12-26-13-19-15(22(26)28)7-10-30-19)20(24-14-5-8-29-9-6-14)16-11-23-27(4-2)21(16)25-18/h7,10-11,14H,3-6,8-9,12-13H2,1-2H3,(H,24,25). The molecule has 1 amide bonds. The van der Waals surface area contributed by atoms with Crippen molar-refractivity contribution in [2.45, 2.75) is 58.8 Å². The molecule has 5 rings (SSSR count). The maximum absolute atomic E-state index is 12.9. The summed E-state index contributed by atoms with van der Waals surface area (Å²) in [4.78, 5) is 19.7. The minimum Gasteiger partial charge on any atom is -0.467 e. The summed E-state index contributed by atoms with van der Waals surface area (Å²) in [6.07, 6.45) is 6.19. The second-order valence-electron chi connectivity index (χ2n) is 7.91. The van der Waals surface area contributed by atoms with Crippen molar-refractivity contribution in [2.75, 3.05) is 18.5 Å². The summed E-state index contributed by atoms with van der Waals surface area (Å²) in [6, 6.07) is 2.09. The van der Waals surface area contributed by atoms with Crippen molar-refractivity contribution in [3.05, 3.63) is 41.1 Å². The third-order valence-electron chi connectivity index (χ3n) is 6.12. The van der Waals surface area contributed by atoms with Crippen molar-refractivity contribution in [3.8, 4) is 0 Å². The third-order valence-corrected chi connectivity index (χ3v) is 6.12. The molecule has 0 aromatic carbocycles. The van der Waals surface area contributed by atoms with Crippen LogP contribution in [0.4, 0.5) is 5.69 Å². The van der Waals surface area contributed by atoms with E-state index in [-0.39, 0.29) is 5.91 Å². The number of carbonyl (C=O) groups excluding carboxylic acids is 1. The van der Waals surface area contributed by atoms with Crippen LogP contribution in [0.5, 0.6) is 0 Å². The molecule has 3 aromatic heterocycles. The molecule has 8 heteroatoms. The summed E-state index contributed by atoms with van der Waals surface area (Å²) >= 11 is 0. The van der Waals surface area contributed by atoms with Crippen LogP contribution in [0.15, 0.2) is 22.9 Å². The number of hydrogen-bond donors (Lipinski definition) is 1. The van der Waals surface area contributed by atoms with E-state index in [2.05, 4.69) is 24.3 Å². The van der Waals surface area contributed by atoms with Gasteiger partial charge in [-0.05, 0) is 32.3 Å². The molecule has 0 radical (unpaired) electrons. The van der Waals surface area contributed by atoms with E-state index in [1.165, 1.54) is 0 Å². The Morgan fingerprint density at radius 1 is 1.27 bits per heavy atom. The van der Waals surface area contributed by atoms with Crippen LogP contribution in [-0.2, 0) is 30.8 Å². The molecule has 3 aromatic rings. The molecule has 8 nitrogen and oxygen atoms in total. The minimum atomic E-state index is 0.0159. The van der Waals surface area contributed by atoms with Crippen LogP contribution in [0.3, 0.4) is 0 Å². The number of aromatic nitrogens is 3. The Balaban J connectivity index is 1.57. The molecule has 1 saturated heterocycles. The zero-order valence-corrected chi connectivity index (χ0v) is 17.5. The van der Waals surface area contributed by atoms with Gasteiger partial charge in [0.2, 0.25) is 0 Å². The Labute approximate surface area is 175 Å². The van der Waals surface area contributed by atoms with Crippen molar-refractivity contribution in [3.63, 3.8) is 0 Å². The third kappa shape index (κ3) is 3.15. The molecule has 0 aliphatic carbocycles. The summed E-state index contributed by atoms with van der Waals surface area (Å²) in [5, 5.41) is 9.34. The lowest BCUT2D eigenvalue weighted by Crippen LogP contribution is -2.30. The number of aryl methyl sites for hydroxylation is 2. The predicted octanol–water partition coefficient (Wildman–Crippen LogP) is 3.35. The number of nitrogens with one attached hydrogen (secondary N) is 1. The van der Waals surface area contributed by atoms with E-state index in [9.17, 15) is 4.79 Å². The molecule has 1 N–H and O–H groups in total. The molecule has 0 spiro atoms. The summed E-state index contributed by atoms with van der Waals surface area (Å²) in [6.45, 7) is 7.47. The Bertz CT molecular complexity index is 1080. The van der Waals surface area contributed by atoms with E-state index < -0.39 is 0 Å². The van der Waals surface area contributed by atoms with E-state index >= 15 is 0 Å². The number of hydrogen-bond acceptors (Lipinski definition) is 6. The Morgan fingerprint density at radius 2 is 2.10 bits per heavy atom. The fourth-order valence-electron chi connectivity index (χ4n) is 4.47. The Kier molecular flexibility index (Phi) is 4.94. The van der Waals surface area contributed by atoms with E-state index in [1.54, 1.807) is 12.3 Å². The zero-order valence-electron chi connectivity index (χ0n) is 17.5. The van der Waals surface area contributed by atoms with Crippen LogP contribution >= 0.6 is 0 Å². The molecule has 5 heterocycles. The highest BCUT2D eigenvalue weighted by molar-refractivity contribution is 5.98. The molecule has 0 bridgehead atoms. The van der Waals surface area contributed by atoms with Crippen molar-refractivity contribution in [2.24, 2.45) is 0 Å². The maximum Gasteiger partial charge on any atom is 0.258 e. The molecule has 2 aliphatic heterocycles. The van der Waals surface area contributed by atoms with Crippen molar-refractivity contribution in [1.29, 1.82) is 0 Å². The van der Waals surface area contributed by atoms with Gasteiger partial charge in [-0.15, -0.1) is 0 Å². The van der Waals surface area contributed by atoms with Gasteiger partial charge < -0.3 is 19.4 Å². The van der Waals surface area contributed by atoms with Gasteiger partial charge in [-0.1, -0.05) is 6.92 Å². The Hall–Kier alpha value is -2.87. The second kappa shape index (κ2) is 7.75. The summed E-state index contributed by atoms with van der Waals surface area (Å²) in [5.74, 6) is 0.756. The smallest absolute Gasteiger partial charge is 0.258 e. The highest BCUT2D eigenvalue weighted by atomic mass is 16.5. The van der Waals surface area contributed by atoms with Crippen LogP contribution in [0, 0.1) is 0 Å².